The first-order valence-electron chi connectivity index (χ1n) is 9.18. The van der Waals surface area contributed by atoms with Crippen LogP contribution in [-0.4, -0.2) is 46.4 Å². The van der Waals surface area contributed by atoms with Crippen molar-refractivity contribution in [2.75, 3.05) is 28.4 Å². The van der Waals surface area contributed by atoms with Crippen LogP contribution in [0.4, 0.5) is 0 Å². The molecule has 1 saturated carbocycles. The Morgan fingerprint density at radius 3 is 2.04 bits per heavy atom. The molecule has 27 heavy (non-hydrogen) atoms. The highest BCUT2D eigenvalue weighted by Gasteiger charge is 2.27. The summed E-state index contributed by atoms with van der Waals surface area (Å²) in [7, 11) is 6.11. The standard InChI is InChI=1S/C20H29NO6/c1-24-16-11-13(12-17(25-2)19(16)26-3)5-10-18(22)21-15-8-6-14(7-9-15)20(23)27-4/h11-12,14-15H,5-10H2,1-4H3,(H,21,22). The number of esters is 1. The van der Waals surface area contributed by atoms with E-state index in [1.165, 1.54) is 7.11 Å². The molecule has 7 heteroatoms. The average molecular weight is 379 g/mol. The maximum atomic E-state index is 12.3. The van der Waals surface area contributed by atoms with Gasteiger partial charge in [-0.2, -0.15) is 0 Å². The van der Waals surface area contributed by atoms with Gasteiger partial charge in [0.1, 0.15) is 0 Å². The van der Waals surface area contributed by atoms with Crippen molar-refractivity contribution in [1.82, 2.24) is 5.32 Å². The Hall–Kier alpha value is -2.44. The third-order valence-corrected chi connectivity index (χ3v) is 4.99. The number of amides is 1. The number of hydrogen-bond acceptors (Lipinski definition) is 6. The molecule has 0 atom stereocenters. The summed E-state index contributed by atoms with van der Waals surface area (Å²) in [6.07, 6.45) is 4.05. The minimum absolute atomic E-state index is 0.00488. The number of methoxy groups -OCH3 is 4. The summed E-state index contributed by atoms with van der Waals surface area (Å²) in [6, 6.07) is 3.84. The second-order valence-electron chi connectivity index (χ2n) is 6.67. The van der Waals surface area contributed by atoms with Crippen LogP contribution in [0, 0.1) is 5.92 Å². The van der Waals surface area contributed by atoms with Crippen LogP contribution < -0.4 is 19.5 Å². The van der Waals surface area contributed by atoms with Crippen molar-refractivity contribution < 1.29 is 28.5 Å². The lowest BCUT2D eigenvalue weighted by atomic mass is 9.86. The third-order valence-electron chi connectivity index (χ3n) is 4.99. The van der Waals surface area contributed by atoms with Crippen molar-refractivity contribution >= 4 is 11.9 Å². The van der Waals surface area contributed by atoms with E-state index >= 15 is 0 Å². The van der Waals surface area contributed by atoms with Crippen molar-refractivity contribution in [2.45, 2.75) is 44.6 Å². The molecule has 150 valence electrons. The SMILES string of the molecule is COC(=O)C1CCC(NC(=O)CCc2cc(OC)c(OC)c(OC)c2)CC1. The van der Waals surface area contributed by atoms with Crippen molar-refractivity contribution in [3.8, 4) is 17.2 Å². The first kappa shape index (κ1) is 20.9. The van der Waals surface area contributed by atoms with Crippen LogP contribution in [0.2, 0.25) is 0 Å². The topological polar surface area (TPSA) is 83.1 Å². The zero-order chi connectivity index (χ0) is 19.8. The molecule has 0 unspecified atom stereocenters. The summed E-state index contributed by atoms with van der Waals surface area (Å²) in [5.41, 5.74) is 0.939. The minimum Gasteiger partial charge on any atom is -0.493 e. The number of carbonyl (C=O) groups excluding carboxylic acids is 2. The predicted octanol–water partition coefficient (Wildman–Crippen LogP) is 2.49. The number of rotatable bonds is 8. The molecule has 1 aliphatic carbocycles. The van der Waals surface area contributed by atoms with Crippen LogP contribution in [0.5, 0.6) is 17.2 Å². The van der Waals surface area contributed by atoms with Gasteiger partial charge in [-0.1, -0.05) is 0 Å². The summed E-state index contributed by atoms with van der Waals surface area (Å²) >= 11 is 0. The Kier molecular flexibility index (Phi) is 7.76. The van der Waals surface area contributed by atoms with Gasteiger partial charge in [0.2, 0.25) is 11.7 Å². The lowest BCUT2D eigenvalue weighted by molar-refractivity contribution is -0.146. The first-order chi connectivity index (χ1) is 13.0. The molecular formula is C20H29NO6. The summed E-state index contributed by atoms with van der Waals surface area (Å²) in [5.74, 6) is 1.51. The maximum absolute atomic E-state index is 12.3. The minimum atomic E-state index is -0.151. The molecule has 2 rings (SSSR count). The van der Waals surface area contributed by atoms with Gasteiger partial charge in [0.25, 0.3) is 0 Å². The highest BCUT2D eigenvalue weighted by molar-refractivity contribution is 5.77. The monoisotopic (exact) mass is 379 g/mol. The van der Waals surface area contributed by atoms with Gasteiger partial charge in [-0.15, -0.1) is 0 Å². The summed E-state index contributed by atoms with van der Waals surface area (Å²) < 4.78 is 20.8. The zero-order valence-corrected chi connectivity index (χ0v) is 16.5. The zero-order valence-electron chi connectivity index (χ0n) is 16.5. The van der Waals surface area contributed by atoms with E-state index in [4.69, 9.17) is 18.9 Å². The molecule has 1 aromatic rings. The van der Waals surface area contributed by atoms with Crippen LogP contribution in [0.25, 0.3) is 0 Å². The molecule has 7 nitrogen and oxygen atoms in total. The van der Waals surface area contributed by atoms with Gasteiger partial charge in [-0.3, -0.25) is 9.59 Å². The van der Waals surface area contributed by atoms with Crippen LogP contribution >= 0.6 is 0 Å². The van der Waals surface area contributed by atoms with Crippen molar-refractivity contribution in [2.24, 2.45) is 5.92 Å². The van der Waals surface area contributed by atoms with Gasteiger partial charge in [0.15, 0.2) is 11.5 Å². The molecule has 0 saturated heterocycles. The van der Waals surface area contributed by atoms with E-state index in [-0.39, 0.29) is 23.8 Å². The number of hydrogen-bond donors (Lipinski definition) is 1. The molecule has 1 aliphatic rings. The lowest BCUT2D eigenvalue weighted by Gasteiger charge is -2.27. The number of nitrogens with one attached hydrogen (secondary N) is 1. The molecule has 0 heterocycles. The summed E-state index contributed by atoms with van der Waals surface area (Å²) in [6.45, 7) is 0. The van der Waals surface area contributed by atoms with Gasteiger partial charge >= 0.3 is 5.97 Å². The normalized spacial score (nSPS) is 19.1. The van der Waals surface area contributed by atoms with Gasteiger partial charge in [0, 0.05) is 12.5 Å². The van der Waals surface area contributed by atoms with Gasteiger partial charge in [0.05, 0.1) is 34.4 Å². The predicted molar refractivity (Wildman–Crippen MR) is 100 cm³/mol. The number of ether oxygens (including phenoxy) is 4. The molecular weight excluding hydrogens is 350 g/mol. The molecule has 0 aliphatic heterocycles. The number of carbonyl (C=O) groups is 2. The van der Waals surface area contributed by atoms with Crippen molar-refractivity contribution in [3.63, 3.8) is 0 Å². The molecule has 0 radical (unpaired) electrons. The Bertz CT molecular complexity index is 627. The summed E-state index contributed by atoms with van der Waals surface area (Å²) in [4.78, 5) is 23.9. The highest BCUT2D eigenvalue weighted by Crippen LogP contribution is 2.38. The Balaban J connectivity index is 1.86. The van der Waals surface area contributed by atoms with E-state index in [0.29, 0.717) is 30.1 Å². The second kappa shape index (κ2) is 10.0. The molecule has 0 spiro atoms. The molecule has 1 aromatic carbocycles. The Morgan fingerprint density at radius 1 is 0.963 bits per heavy atom. The maximum Gasteiger partial charge on any atom is 0.308 e. The van der Waals surface area contributed by atoms with Crippen LogP contribution in [-0.2, 0) is 20.7 Å². The third kappa shape index (κ3) is 5.52. The molecule has 1 fully saturated rings. The van der Waals surface area contributed by atoms with E-state index < -0.39 is 0 Å². The van der Waals surface area contributed by atoms with Crippen molar-refractivity contribution in [1.29, 1.82) is 0 Å². The van der Waals surface area contributed by atoms with E-state index in [1.54, 1.807) is 21.3 Å². The Labute approximate surface area is 160 Å². The van der Waals surface area contributed by atoms with E-state index in [9.17, 15) is 9.59 Å². The molecule has 0 bridgehead atoms. The molecule has 0 aromatic heterocycles. The van der Waals surface area contributed by atoms with Gasteiger partial charge in [-0.05, 0) is 49.8 Å². The fourth-order valence-corrected chi connectivity index (χ4v) is 3.48. The number of benzene rings is 1. The number of aryl methyl sites for hydroxylation is 1. The van der Waals surface area contributed by atoms with E-state index in [0.717, 1.165) is 31.2 Å². The smallest absolute Gasteiger partial charge is 0.308 e. The largest absolute Gasteiger partial charge is 0.493 e. The average Bonchev–Trinajstić information content (AvgIpc) is 2.71. The van der Waals surface area contributed by atoms with Crippen LogP contribution in [0.15, 0.2) is 12.1 Å². The molecule has 1 N–H and O–H groups in total. The lowest BCUT2D eigenvalue weighted by Crippen LogP contribution is -2.39. The molecule has 1 amide bonds. The quantitative estimate of drug-likeness (QED) is 0.699. The summed E-state index contributed by atoms with van der Waals surface area (Å²) in [5, 5.41) is 3.07. The van der Waals surface area contributed by atoms with Crippen LogP contribution in [0.1, 0.15) is 37.7 Å². The van der Waals surface area contributed by atoms with Crippen LogP contribution in [0.3, 0.4) is 0 Å². The van der Waals surface area contributed by atoms with Gasteiger partial charge in [-0.25, -0.2) is 0 Å². The second-order valence-corrected chi connectivity index (χ2v) is 6.67. The Morgan fingerprint density at radius 2 is 1.56 bits per heavy atom. The van der Waals surface area contributed by atoms with E-state index in [1.807, 2.05) is 12.1 Å². The van der Waals surface area contributed by atoms with E-state index in [2.05, 4.69) is 5.32 Å². The fraction of sp³-hybridized carbons (Fsp3) is 0.600. The highest BCUT2D eigenvalue weighted by atomic mass is 16.5. The first-order valence-corrected chi connectivity index (χ1v) is 9.18. The fourth-order valence-electron chi connectivity index (χ4n) is 3.48. The van der Waals surface area contributed by atoms with Crippen molar-refractivity contribution in [3.05, 3.63) is 17.7 Å². The van der Waals surface area contributed by atoms with Gasteiger partial charge < -0.3 is 24.3 Å².